The van der Waals surface area contributed by atoms with Gasteiger partial charge in [-0.05, 0) is 29.3 Å². The first-order valence-electron chi connectivity index (χ1n) is 10.8. The Morgan fingerprint density at radius 1 is 1.12 bits per heavy atom. The molecule has 4 heterocycles. The van der Waals surface area contributed by atoms with Crippen molar-refractivity contribution in [1.82, 2.24) is 9.97 Å². The Balaban J connectivity index is 1.56. The number of pyridine rings is 2. The molecule has 2 aliphatic heterocycles. The van der Waals surface area contributed by atoms with E-state index in [2.05, 4.69) is 17.1 Å². The fraction of sp³-hybridized carbons (Fsp3) is 0.280. The lowest BCUT2D eigenvalue weighted by molar-refractivity contribution is -0.0796. The van der Waals surface area contributed by atoms with Crippen molar-refractivity contribution >= 4 is 17.6 Å². The van der Waals surface area contributed by atoms with Crippen molar-refractivity contribution in [3.05, 3.63) is 65.5 Å². The summed E-state index contributed by atoms with van der Waals surface area (Å²) in [5.74, 6) is 1.78. The summed E-state index contributed by atoms with van der Waals surface area (Å²) in [6, 6.07) is 15.8. The Bertz CT molecular complexity index is 1260. The van der Waals surface area contributed by atoms with Crippen LogP contribution in [0.1, 0.15) is 16.7 Å². The molecule has 2 saturated heterocycles. The van der Waals surface area contributed by atoms with E-state index in [1.54, 1.807) is 12.4 Å². The standard InChI is InChI=1S/C25H21N5O3S/c26-8-21-23(17-3-5-19(6-4-17)33-20-13-32-14-20)22(9-27)25(29-24(21)30-11-18(31)12-30)34-15-16-2-1-7-28-10-16/h1-7,10,18,20,31H,11-15H2. The van der Waals surface area contributed by atoms with Gasteiger partial charge in [0.25, 0.3) is 0 Å². The number of rotatable bonds is 7. The number of aliphatic hydroxyl groups is 1. The summed E-state index contributed by atoms with van der Waals surface area (Å²) in [5, 5.41) is 30.6. The fourth-order valence-corrected chi connectivity index (χ4v) is 4.74. The zero-order valence-corrected chi connectivity index (χ0v) is 19.0. The number of benzene rings is 1. The van der Waals surface area contributed by atoms with Crippen LogP contribution in [0.5, 0.6) is 5.75 Å². The summed E-state index contributed by atoms with van der Waals surface area (Å²) in [4.78, 5) is 10.7. The second-order valence-electron chi connectivity index (χ2n) is 8.10. The monoisotopic (exact) mass is 471 g/mol. The van der Waals surface area contributed by atoms with Crippen molar-refractivity contribution in [3.8, 4) is 29.0 Å². The largest absolute Gasteiger partial charge is 0.486 e. The molecule has 0 bridgehead atoms. The Morgan fingerprint density at radius 3 is 2.47 bits per heavy atom. The van der Waals surface area contributed by atoms with Crippen LogP contribution in [0.4, 0.5) is 5.82 Å². The van der Waals surface area contributed by atoms with Crippen LogP contribution in [0, 0.1) is 22.7 Å². The highest BCUT2D eigenvalue weighted by Crippen LogP contribution is 2.40. The van der Waals surface area contributed by atoms with Gasteiger partial charge in [0, 0.05) is 36.8 Å². The zero-order chi connectivity index (χ0) is 23.5. The molecule has 2 aromatic heterocycles. The molecular formula is C25H21N5O3S. The molecular weight excluding hydrogens is 450 g/mol. The zero-order valence-electron chi connectivity index (χ0n) is 18.2. The number of anilines is 1. The maximum atomic E-state index is 10.1. The number of β-amino-alcohol motifs (C(OH)–C–C–N with tert-alkyl or cyclic N) is 1. The van der Waals surface area contributed by atoms with Gasteiger partial charge < -0.3 is 19.5 Å². The SMILES string of the molecule is N#Cc1c(SCc2cccnc2)nc(N2CC(O)C2)c(C#N)c1-c1ccc(OC2COC2)cc1. The second kappa shape index (κ2) is 9.70. The van der Waals surface area contributed by atoms with Crippen LogP contribution in [-0.4, -0.2) is 53.6 Å². The van der Waals surface area contributed by atoms with Crippen LogP contribution in [0.15, 0.2) is 53.8 Å². The van der Waals surface area contributed by atoms with Crippen molar-refractivity contribution in [3.63, 3.8) is 0 Å². The van der Waals surface area contributed by atoms with E-state index in [-0.39, 0.29) is 6.10 Å². The normalized spacial score (nSPS) is 15.7. The summed E-state index contributed by atoms with van der Waals surface area (Å²) >= 11 is 1.43. The number of hydrogen-bond acceptors (Lipinski definition) is 9. The third-order valence-electron chi connectivity index (χ3n) is 5.68. The topological polar surface area (TPSA) is 115 Å². The van der Waals surface area contributed by atoms with E-state index in [0.717, 1.165) is 11.1 Å². The molecule has 0 unspecified atom stereocenters. The highest BCUT2D eigenvalue weighted by molar-refractivity contribution is 7.98. The summed E-state index contributed by atoms with van der Waals surface area (Å²) in [7, 11) is 0. The van der Waals surface area contributed by atoms with Gasteiger partial charge in [-0.1, -0.05) is 18.2 Å². The van der Waals surface area contributed by atoms with Crippen molar-refractivity contribution < 1.29 is 14.6 Å². The molecule has 0 aliphatic carbocycles. The van der Waals surface area contributed by atoms with E-state index in [1.807, 2.05) is 41.3 Å². The molecule has 1 aromatic carbocycles. The van der Waals surface area contributed by atoms with Gasteiger partial charge in [-0.2, -0.15) is 10.5 Å². The lowest BCUT2D eigenvalue weighted by Gasteiger charge is -2.38. The number of hydrogen-bond donors (Lipinski definition) is 1. The van der Waals surface area contributed by atoms with Crippen LogP contribution in [-0.2, 0) is 10.5 Å². The van der Waals surface area contributed by atoms with Gasteiger partial charge >= 0.3 is 0 Å². The molecule has 1 N–H and O–H groups in total. The van der Waals surface area contributed by atoms with E-state index in [0.29, 0.717) is 65.3 Å². The predicted molar refractivity (Wildman–Crippen MR) is 126 cm³/mol. The molecule has 3 aromatic rings. The Labute approximate surface area is 201 Å². The molecule has 2 fully saturated rings. The lowest BCUT2D eigenvalue weighted by atomic mass is 9.95. The molecule has 0 atom stereocenters. The lowest BCUT2D eigenvalue weighted by Crippen LogP contribution is -2.51. The quantitative estimate of drug-likeness (QED) is 0.519. The highest BCUT2D eigenvalue weighted by atomic mass is 32.2. The average Bonchev–Trinajstić information content (AvgIpc) is 2.83. The number of thioether (sulfide) groups is 1. The van der Waals surface area contributed by atoms with Crippen LogP contribution >= 0.6 is 11.8 Å². The first kappa shape index (κ1) is 22.2. The number of nitriles is 2. The van der Waals surface area contributed by atoms with Gasteiger partial charge in [0.1, 0.15) is 40.4 Å². The van der Waals surface area contributed by atoms with Gasteiger partial charge in [0.2, 0.25) is 0 Å². The minimum Gasteiger partial charge on any atom is -0.486 e. The molecule has 0 amide bonds. The van der Waals surface area contributed by atoms with Gasteiger partial charge in [-0.25, -0.2) is 4.98 Å². The molecule has 5 rings (SSSR count). The first-order valence-corrected chi connectivity index (χ1v) is 11.8. The molecule has 9 heteroatoms. The van der Waals surface area contributed by atoms with Crippen molar-refractivity contribution in [2.75, 3.05) is 31.2 Å². The molecule has 0 saturated carbocycles. The van der Waals surface area contributed by atoms with E-state index >= 15 is 0 Å². The van der Waals surface area contributed by atoms with E-state index in [1.165, 1.54) is 11.8 Å². The van der Waals surface area contributed by atoms with Crippen LogP contribution < -0.4 is 9.64 Å². The van der Waals surface area contributed by atoms with Crippen LogP contribution in [0.3, 0.4) is 0 Å². The summed E-state index contributed by atoms with van der Waals surface area (Å²) in [5.41, 5.74) is 2.97. The maximum Gasteiger partial charge on any atom is 0.148 e. The van der Waals surface area contributed by atoms with E-state index in [4.69, 9.17) is 14.5 Å². The Kier molecular flexibility index (Phi) is 6.33. The second-order valence-corrected chi connectivity index (χ2v) is 9.06. The van der Waals surface area contributed by atoms with Crippen LogP contribution in [0.25, 0.3) is 11.1 Å². The Hall–Kier alpha value is -3.63. The Morgan fingerprint density at radius 2 is 1.88 bits per heavy atom. The molecule has 0 spiro atoms. The number of aliphatic hydroxyl groups excluding tert-OH is 1. The van der Waals surface area contributed by atoms with Crippen molar-refractivity contribution in [2.24, 2.45) is 0 Å². The minimum atomic E-state index is -0.453. The van der Waals surface area contributed by atoms with Crippen molar-refractivity contribution in [2.45, 2.75) is 23.0 Å². The average molecular weight is 472 g/mol. The van der Waals surface area contributed by atoms with Gasteiger partial charge in [0.05, 0.1) is 24.9 Å². The molecule has 8 nitrogen and oxygen atoms in total. The molecule has 170 valence electrons. The maximum absolute atomic E-state index is 10.1. The smallest absolute Gasteiger partial charge is 0.148 e. The summed E-state index contributed by atoms with van der Waals surface area (Å²) < 4.78 is 11.0. The van der Waals surface area contributed by atoms with Crippen molar-refractivity contribution in [1.29, 1.82) is 10.5 Å². The van der Waals surface area contributed by atoms with Gasteiger partial charge in [0.15, 0.2) is 0 Å². The first-order chi connectivity index (χ1) is 16.7. The molecule has 0 radical (unpaired) electrons. The fourth-order valence-electron chi connectivity index (χ4n) is 3.82. The minimum absolute atomic E-state index is 0.0519. The molecule has 2 aliphatic rings. The summed E-state index contributed by atoms with van der Waals surface area (Å²) in [6.45, 7) is 1.95. The number of ether oxygens (including phenoxy) is 2. The third-order valence-corrected chi connectivity index (χ3v) is 6.73. The van der Waals surface area contributed by atoms with Crippen LogP contribution in [0.2, 0.25) is 0 Å². The predicted octanol–water partition coefficient (Wildman–Crippen LogP) is 3.14. The number of aromatic nitrogens is 2. The highest BCUT2D eigenvalue weighted by Gasteiger charge is 2.31. The van der Waals surface area contributed by atoms with E-state index < -0.39 is 6.10 Å². The van der Waals surface area contributed by atoms with Gasteiger partial charge in [-0.15, -0.1) is 11.8 Å². The van der Waals surface area contributed by atoms with E-state index in [9.17, 15) is 15.6 Å². The third kappa shape index (κ3) is 4.42. The summed E-state index contributed by atoms with van der Waals surface area (Å²) in [6.07, 6.45) is 3.09. The van der Waals surface area contributed by atoms with Gasteiger partial charge in [-0.3, -0.25) is 4.98 Å². The molecule has 34 heavy (non-hydrogen) atoms. The number of nitrogens with zero attached hydrogens (tertiary/aromatic N) is 5.